The maximum atomic E-state index is 4.81. The molecule has 1 saturated heterocycles. The molecule has 0 saturated carbocycles. The number of hydrogen-bond acceptors (Lipinski definition) is 4. The lowest BCUT2D eigenvalue weighted by Crippen LogP contribution is -2.30. The lowest BCUT2D eigenvalue weighted by atomic mass is 10.2. The molecule has 3 rings (SSSR count). The van der Waals surface area contributed by atoms with E-state index in [0.29, 0.717) is 0 Å². The molecule has 0 amide bonds. The largest absolute Gasteiger partial charge is 0.302 e. The van der Waals surface area contributed by atoms with Gasteiger partial charge in [-0.3, -0.25) is 4.90 Å². The number of benzene rings is 1. The van der Waals surface area contributed by atoms with Crippen molar-refractivity contribution in [2.24, 2.45) is 0 Å². The Kier molecular flexibility index (Phi) is 6.55. The van der Waals surface area contributed by atoms with Crippen LogP contribution in [-0.2, 0) is 6.54 Å². The first-order chi connectivity index (χ1) is 10.3. The Morgan fingerprint density at radius 2 is 1.77 bits per heavy atom. The molecule has 1 fully saturated rings. The molecule has 2 aromatic rings. The molecule has 120 valence electrons. The van der Waals surface area contributed by atoms with E-state index in [9.17, 15) is 0 Å². The fourth-order valence-corrected chi connectivity index (χ4v) is 3.66. The zero-order valence-corrected chi connectivity index (χ0v) is 13.5. The molecule has 0 unspecified atom stereocenters. The molecule has 0 aliphatic carbocycles. The molecule has 1 aromatic carbocycles. The van der Waals surface area contributed by atoms with Crippen molar-refractivity contribution in [3.8, 4) is 11.3 Å². The van der Waals surface area contributed by atoms with Gasteiger partial charge in [0.1, 0.15) is 5.01 Å². The Morgan fingerprint density at radius 1 is 1.05 bits per heavy atom. The van der Waals surface area contributed by atoms with Crippen LogP contribution >= 0.6 is 11.3 Å². The van der Waals surface area contributed by atoms with Gasteiger partial charge in [-0.2, -0.15) is 0 Å². The van der Waals surface area contributed by atoms with Crippen LogP contribution in [0.3, 0.4) is 0 Å². The summed E-state index contributed by atoms with van der Waals surface area (Å²) in [7, 11) is 0. The summed E-state index contributed by atoms with van der Waals surface area (Å²) in [5.74, 6) is 0. The van der Waals surface area contributed by atoms with Gasteiger partial charge in [-0.25, -0.2) is 4.98 Å². The summed E-state index contributed by atoms with van der Waals surface area (Å²) in [5.41, 5.74) is 2.33. The third kappa shape index (κ3) is 4.38. The number of nitrogens with zero attached hydrogens (tertiary/aromatic N) is 3. The lowest BCUT2D eigenvalue weighted by Gasteiger charge is -2.19. The van der Waals surface area contributed by atoms with E-state index in [1.165, 1.54) is 43.2 Å². The summed E-state index contributed by atoms with van der Waals surface area (Å²) in [4.78, 5) is 9.89. The normalized spacial score (nSPS) is 17.0. The predicted molar refractivity (Wildman–Crippen MR) is 96.3 cm³/mol. The zero-order chi connectivity index (χ0) is 14.5. The van der Waals surface area contributed by atoms with Crippen LogP contribution in [0.2, 0.25) is 0 Å². The minimum Gasteiger partial charge on any atom is -0.302 e. The van der Waals surface area contributed by atoms with Crippen LogP contribution in [0, 0.1) is 0 Å². The van der Waals surface area contributed by atoms with Crippen LogP contribution in [-0.4, -0.2) is 47.5 Å². The van der Waals surface area contributed by atoms with E-state index < -0.39 is 0 Å². The van der Waals surface area contributed by atoms with E-state index in [0.717, 1.165) is 18.8 Å². The topological polar surface area (TPSA) is 19.4 Å². The monoisotopic (exact) mass is 317 g/mol. The van der Waals surface area contributed by atoms with Gasteiger partial charge < -0.3 is 4.90 Å². The van der Waals surface area contributed by atoms with E-state index >= 15 is 0 Å². The fraction of sp³-hybridized carbons (Fsp3) is 0.500. The van der Waals surface area contributed by atoms with Crippen LogP contribution < -0.4 is 0 Å². The summed E-state index contributed by atoms with van der Waals surface area (Å²) in [6.07, 6.45) is 1.27. The Balaban J connectivity index is 0.00000176. The van der Waals surface area contributed by atoms with Crippen molar-refractivity contribution in [3.05, 3.63) is 40.7 Å². The molecule has 0 atom stereocenters. The van der Waals surface area contributed by atoms with Crippen molar-refractivity contribution < 1.29 is 0 Å². The number of aromatic nitrogens is 1. The van der Waals surface area contributed by atoms with Gasteiger partial charge >= 0.3 is 0 Å². The first kappa shape index (κ1) is 17.1. The molecular weight excluding hydrogens is 290 g/mol. The van der Waals surface area contributed by atoms with Gasteiger partial charge in [0.15, 0.2) is 0 Å². The molecule has 22 heavy (non-hydrogen) atoms. The molecule has 3 nitrogen and oxygen atoms in total. The van der Waals surface area contributed by atoms with Crippen LogP contribution in [0.1, 0.15) is 25.8 Å². The highest BCUT2D eigenvalue weighted by atomic mass is 32.1. The van der Waals surface area contributed by atoms with Gasteiger partial charge in [-0.15, -0.1) is 11.3 Å². The molecule has 0 radical (unpaired) electrons. The van der Waals surface area contributed by atoms with E-state index in [-0.39, 0.29) is 7.43 Å². The summed E-state index contributed by atoms with van der Waals surface area (Å²) in [5, 5.41) is 3.42. The van der Waals surface area contributed by atoms with Crippen LogP contribution in [0.15, 0.2) is 35.7 Å². The molecule has 0 spiro atoms. The quantitative estimate of drug-likeness (QED) is 0.850. The number of thiazole rings is 1. The highest BCUT2D eigenvalue weighted by Crippen LogP contribution is 2.22. The van der Waals surface area contributed by atoms with Crippen molar-refractivity contribution in [3.63, 3.8) is 0 Å². The molecular formula is C18H27N3S. The maximum Gasteiger partial charge on any atom is 0.107 e. The van der Waals surface area contributed by atoms with Crippen molar-refractivity contribution in [1.82, 2.24) is 14.8 Å². The second kappa shape index (κ2) is 8.42. The Hall–Kier alpha value is -1.23. The van der Waals surface area contributed by atoms with E-state index in [2.05, 4.69) is 46.4 Å². The number of hydrogen-bond donors (Lipinski definition) is 0. The molecule has 4 heteroatoms. The Bertz CT molecular complexity index is 552. The third-order valence-corrected chi connectivity index (χ3v) is 4.94. The average molecular weight is 318 g/mol. The minimum absolute atomic E-state index is 0. The Labute approximate surface area is 138 Å². The highest BCUT2D eigenvalue weighted by molar-refractivity contribution is 7.09. The lowest BCUT2D eigenvalue weighted by molar-refractivity contribution is 0.257. The minimum atomic E-state index is 0. The van der Waals surface area contributed by atoms with Gasteiger partial charge in [0.2, 0.25) is 0 Å². The molecule has 0 bridgehead atoms. The number of likely N-dealkylation sites (N-methyl/N-ethyl adjacent to an activating group) is 1. The van der Waals surface area contributed by atoms with E-state index in [1.54, 1.807) is 11.3 Å². The average Bonchev–Trinajstić information content (AvgIpc) is 2.87. The van der Waals surface area contributed by atoms with Crippen LogP contribution in [0.25, 0.3) is 11.3 Å². The summed E-state index contributed by atoms with van der Waals surface area (Å²) < 4.78 is 0. The third-order valence-electron chi connectivity index (χ3n) is 4.11. The van der Waals surface area contributed by atoms with Crippen LogP contribution in [0.5, 0.6) is 0 Å². The molecule has 1 aromatic heterocycles. The zero-order valence-electron chi connectivity index (χ0n) is 12.7. The van der Waals surface area contributed by atoms with Crippen molar-refractivity contribution in [2.75, 3.05) is 32.7 Å². The smallest absolute Gasteiger partial charge is 0.107 e. The van der Waals surface area contributed by atoms with Crippen molar-refractivity contribution in [1.29, 1.82) is 0 Å². The SMILES string of the molecule is C.CCN1CCCN(Cc2nc(-c3ccccc3)cs2)CC1. The summed E-state index contributed by atoms with van der Waals surface area (Å²) in [6.45, 7) is 9.19. The van der Waals surface area contributed by atoms with E-state index in [1.807, 2.05) is 6.07 Å². The molecule has 0 N–H and O–H groups in total. The molecule has 1 aliphatic heterocycles. The van der Waals surface area contributed by atoms with Gasteiger partial charge in [0.05, 0.1) is 12.2 Å². The van der Waals surface area contributed by atoms with E-state index in [4.69, 9.17) is 4.98 Å². The van der Waals surface area contributed by atoms with Crippen molar-refractivity contribution in [2.45, 2.75) is 27.3 Å². The Morgan fingerprint density at radius 3 is 2.55 bits per heavy atom. The molecule has 2 heterocycles. The predicted octanol–water partition coefficient (Wildman–Crippen LogP) is 3.97. The van der Waals surface area contributed by atoms with Crippen molar-refractivity contribution >= 4 is 11.3 Å². The second-order valence-corrected chi connectivity index (χ2v) is 6.50. The number of rotatable bonds is 4. The van der Waals surface area contributed by atoms with Gasteiger partial charge in [0.25, 0.3) is 0 Å². The van der Waals surface area contributed by atoms with Gasteiger partial charge in [0, 0.05) is 24.0 Å². The standard InChI is InChI=1S/C17H23N3S.CH4/c1-2-19-9-6-10-20(12-11-19)13-17-18-16(14-21-17)15-7-4-3-5-8-15;/h3-5,7-8,14H,2,6,9-13H2,1H3;1H4. The first-order valence-corrected chi connectivity index (χ1v) is 8.67. The maximum absolute atomic E-state index is 4.81. The fourth-order valence-electron chi connectivity index (χ4n) is 2.82. The van der Waals surface area contributed by atoms with Gasteiger partial charge in [-0.05, 0) is 26.1 Å². The summed E-state index contributed by atoms with van der Waals surface area (Å²) >= 11 is 1.79. The highest BCUT2D eigenvalue weighted by Gasteiger charge is 2.15. The van der Waals surface area contributed by atoms with Gasteiger partial charge in [-0.1, -0.05) is 44.7 Å². The molecule has 1 aliphatic rings. The second-order valence-electron chi connectivity index (χ2n) is 5.56. The summed E-state index contributed by atoms with van der Waals surface area (Å²) in [6, 6.07) is 10.5. The first-order valence-electron chi connectivity index (χ1n) is 7.79. The van der Waals surface area contributed by atoms with Crippen LogP contribution in [0.4, 0.5) is 0 Å².